The number of esters is 6. The van der Waals surface area contributed by atoms with Gasteiger partial charge < -0.3 is 47.9 Å². The van der Waals surface area contributed by atoms with E-state index in [2.05, 4.69) is 31.3 Å². The molecule has 69 heavy (non-hydrogen) atoms. The lowest BCUT2D eigenvalue weighted by Gasteiger charge is -2.44. The highest BCUT2D eigenvalue weighted by Gasteiger charge is 2.53. The molecule has 0 unspecified atom stereocenters. The lowest BCUT2D eigenvalue weighted by atomic mass is 10.0. The van der Waals surface area contributed by atoms with Crippen molar-refractivity contribution in [2.75, 3.05) is 13.4 Å². The minimum Gasteiger partial charge on any atom is -0.460 e. The molecule has 17 nitrogen and oxygen atoms in total. The lowest BCUT2D eigenvalue weighted by Crippen LogP contribution is -2.63. The first kappa shape index (κ1) is 62.7. The maximum absolute atomic E-state index is 14.1. The van der Waals surface area contributed by atoms with Gasteiger partial charge in [0.1, 0.15) is 6.10 Å². The van der Waals surface area contributed by atoms with Crippen molar-refractivity contribution in [1.29, 1.82) is 0 Å². The molecule has 0 saturated carbocycles. The summed E-state index contributed by atoms with van der Waals surface area (Å²) in [7, 11) is 0. The van der Waals surface area contributed by atoms with Crippen molar-refractivity contribution in [3.8, 4) is 0 Å². The first-order valence-corrected chi connectivity index (χ1v) is 25.6. The SMILES string of the molecule is CCCCC/C=C/CCCCC/C=C/C[C@@H](OC(C)=O)[C@@H](CO[C@@H]1O[C@H](OCOC(C)=O)[C@@H](OC(C)=O)[C@H](OC(C)=O)[C@H]1OC(C)=O)NC(=O)[C@@H](CCCCCCCCCCCCCC)OC(C)=O. The Bertz CT molecular complexity index is 1530. The van der Waals surface area contributed by atoms with Crippen LogP contribution in [0.15, 0.2) is 24.3 Å². The standard InChI is InChI=1S/C52H87NO16/c1-9-11-13-15-17-19-21-23-25-26-28-30-32-34-45(64-39(4)55)44(53-50(60)46(65-40(5)56)35-33-31-29-27-24-22-20-18-16-14-12-10-2)36-61-51-48(67-42(7)58)47(66-41(6)57)49(68-43(8)59)52(69-51)63-37-62-38(3)54/h17,19,30,32,44-49,51-52H,9-16,18,20-29,31,33-37H2,1-8H3,(H,53,60)/b19-17+,32-30+/t44-,45-,46-,47-,48-,49+,51-,52+/m1/s1. The zero-order valence-electron chi connectivity index (χ0n) is 43.1. The van der Waals surface area contributed by atoms with Crippen LogP contribution in [0.4, 0.5) is 0 Å². The number of hydrogen-bond donors (Lipinski definition) is 1. The van der Waals surface area contributed by atoms with E-state index in [0.717, 1.165) is 91.9 Å². The van der Waals surface area contributed by atoms with Gasteiger partial charge >= 0.3 is 35.8 Å². The third-order valence-electron chi connectivity index (χ3n) is 11.2. The topological polar surface area (TPSA) is 215 Å². The van der Waals surface area contributed by atoms with Gasteiger partial charge in [-0.05, 0) is 51.4 Å². The molecule has 1 aliphatic rings. The number of unbranched alkanes of at least 4 members (excludes halogenated alkanes) is 18. The van der Waals surface area contributed by atoms with Crippen molar-refractivity contribution in [2.45, 2.75) is 252 Å². The molecule has 0 aromatic rings. The third kappa shape index (κ3) is 31.5. The van der Waals surface area contributed by atoms with Gasteiger partial charge in [0.05, 0.1) is 12.6 Å². The first-order valence-electron chi connectivity index (χ1n) is 25.6. The van der Waals surface area contributed by atoms with Crippen molar-refractivity contribution in [3.05, 3.63) is 24.3 Å². The minimum absolute atomic E-state index is 0.142. The Labute approximate surface area is 412 Å². The summed E-state index contributed by atoms with van der Waals surface area (Å²) in [5.41, 5.74) is 0. The number of carbonyl (C=O) groups excluding carboxylic acids is 7. The van der Waals surface area contributed by atoms with E-state index in [1.165, 1.54) is 78.1 Å². The van der Waals surface area contributed by atoms with Crippen molar-refractivity contribution in [1.82, 2.24) is 5.32 Å². The Morgan fingerprint density at radius 3 is 1.42 bits per heavy atom. The Balaban J connectivity index is 3.39. The quantitative estimate of drug-likeness (QED) is 0.0200. The van der Waals surface area contributed by atoms with Gasteiger partial charge in [0.25, 0.3) is 5.91 Å². The van der Waals surface area contributed by atoms with E-state index in [4.69, 9.17) is 42.6 Å². The molecule has 396 valence electrons. The van der Waals surface area contributed by atoms with E-state index in [1.807, 2.05) is 12.2 Å². The lowest BCUT2D eigenvalue weighted by molar-refractivity contribution is -0.360. The summed E-state index contributed by atoms with van der Waals surface area (Å²) in [6.07, 6.45) is 21.6. The molecule has 8 atom stereocenters. The Kier molecular flexibility index (Phi) is 35.8. The number of nitrogens with one attached hydrogen (secondary N) is 1. The number of amides is 1. The zero-order chi connectivity index (χ0) is 51.2. The van der Waals surface area contributed by atoms with Crippen molar-refractivity contribution < 1.29 is 76.2 Å². The predicted molar refractivity (Wildman–Crippen MR) is 258 cm³/mol. The second-order valence-electron chi connectivity index (χ2n) is 17.7. The predicted octanol–water partition coefficient (Wildman–Crippen LogP) is 9.49. The van der Waals surface area contributed by atoms with Gasteiger partial charge in [-0.2, -0.15) is 0 Å². The highest BCUT2D eigenvalue weighted by Crippen LogP contribution is 2.31. The van der Waals surface area contributed by atoms with Crippen LogP contribution in [0.5, 0.6) is 0 Å². The Morgan fingerprint density at radius 2 is 0.928 bits per heavy atom. The van der Waals surface area contributed by atoms with Gasteiger partial charge in [-0.15, -0.1) is 0 Å². The van der Waals surface area contributed by atoms with Gasteiger partial charge in [0, 0.05) is 48.0 Å². The molecule has 0 radical (unpaired) electrons. The fourth-order valence-electron chi connectivity index (χ4n) is 7.83. The number of carbonyl (C=O) groups is 7. The molecule has 1 rings (SSSR count). The molecule has 1 heterocycles. The summed E-state index contributed by atoms with van der Waals surface area (Å²) in [5.74, 6) is -5.18. The molecule has 1 aliphatic heterocycles. The van der Waals surface area contributed by atoms with Crippen LogP contribution in [0.2, 0.25) is 0 Å². The van der Waals surface area contributed by atoms with Crippen LogP contribution in [0.3, 0.4) is 0 Å². The number of rotatable bonds is 39. The van der Waals surface area contributed by atoms with Crippen molar-refractivity contribution in [2.24, 2.45) is 0 Å². The Hall–Kier alpha value is -4.35. The van der Waals surface area contributed by atoms with Crippen LogP contribution in [0, 0.1) is 0 Å². The molecule has 1 N–H and O–H groups in total. The fourth-order valence-corrected chi connectivity index (χ4v) is 7.83. The average molecular weight is 982 g/mol. The molecular formula is C52H87NO16. The molecule has 0 aromatic heterocycles. The van der Waals surface area contributed by atoms with Crippen LogP contribution in [0.25, 0.3) is 0 Å². The van der Waals surface area contributed by atoms with Crippen LogP contribution in [-0.2, 0) is 76.2 Å². The molecule has 0 bridgehead atoms. The van der Waals surface area contributed by atoms with Crippen LogP contribution in [0.1, 0.15) is 203 Å². The van der Waals surface area contributed by atoms with E-state index < -0.39 is 104 Å². The van der Waals surface area contributed by atoms with Gasteiger partial charge in [0.2, 0.25) is 12.6 Å². The number of ether oxygens (including phenoxy) is 9. The largest absolute Gasteiger partial charge is 0.460 e. The molecule has 0 aliphatic carbocycles. The summed E-state index contributed by atoms with van der Waals surface area (Å²) in [5, 5.41) is 2.88. The molecule has 0 aromatic carbocycles. The summed E-state index contributed by atoms with van der Waals surface area (Å²) < 4.78 is 50.7. The van der Waals surface area contributed by atoms with E-state index in [9.17, 15) is 33.6 Å². The maximum Gasteiger partial charge on any atom is 0.304 e. The second-order valence-corrected chi connectivity index (χ2v) is 17.7. The average Bonchev–Trinajstić information content (AvgIpc) is 3.27. The van der Waals surface area contributed by atoms with Gasteiger partial charge in [-0.3, -0.25) is 33.6 Å². The van der Waals surface area contributed by atoms with E-state index in [1.54, 1.807) is 0 Å². The van der Waals surface area contributed by atoms with Crippen LogP contribution < -0.4 is 5.32 Å². The minimum atomic E-state index is -1.64. The van der Waals surface area contributed by atoms with Crippen molar-refractivity contribution in [3.63, 3.8) is 0 Å². The molecule has 1 fully saturated rings. The second kappa shape index (κ2) is 39.4. The van der Waals surface area contributed by atoms with Gasteiger partial charge in [0.15, 0.2) is 31.2 Å². The van der Waals surface area contributed by atoms with E-state index in [0.29, 0.717) is 6.42 Å². The normalized spacial score (nSPS) is 19.3. The van der Waals surface area contributed by atoms with Crippen LogP contribution in [-0.4, -0.2) is 104 Å². The van der Waals surface area contributed by atoms with Crippen molar-refractivity contribution >= 4 is 41.7 Å². The summed E-state index contributed by atoms with van der Waals surface area (Å²) in [6.45, 7) is 10.1. The third-order valence-corrected chi connectivity index (χ3v) is 11.2. The van der Waals surface area contributed by atoms with E-state index in [-0.39, 0.29) is 12.8 Å². The molecule has 0 spiro atoms. The highest BCUT2D eigenvalue weighted by molar-refractivity contribution is 5.83. The van der Waals surface area contributed by atoms with Crippen LogP contribution >= 0.6 is 0 Å². The molecule has 17 heteroatoms. The summed E-state index contributed by atoms with van der Waals surface area (Å²) >= 11 is 0. The molecule has 1 saturated heterocycles. The number of allylic oxidation sites excluding steroid dienone is 3. The fraction of sp³-hybridized carbons (Fsp3) is 0.788. The van der Waals surface area contributed by atoms with E-state index >= 15 is 0 Å². The summed E-state index contributed by atoms with van der Waals surface area (Å²) in [6, 6.07) is -1.13. The maximum atomic E-state index is 14.1. The molecular weight excluding hydrogens is 895 g/mol. The zero-order valence-corrected chi connectivity index (χ0v) is 43.1. The summed E-state index contributed by atoms with van der Waals surface area (Å²) in [4.78, 5) is 87.9. The highest BCUT2D eigenvalue weighted by atomic mass is 16.8. The first-order chi connectivity index (χ1) is 33.1. The van der Waals surface area contributed by atoms with Gasteiger partial charge in [-0.25, -0.2) is 0 Å². The smallest absolute Gasteiger partial charge is 0.304 e. The number of hydrogen-bond acceptors (Lipinski definition) is 16. The molecule has 1 amide bonds. The monoisotopic (exact) mass is 982 g/mol. The van der Waals surface area contributed by atoms with Gasteiger partial charge in [-0.1, -0.05) is 128 Å². The Morgan fingerprint density at radius 1 is 0.493 bits per heavy atom.